The first-order valence-electron chi connectivity index (χ1n) is 5.44. The average Bonchev–Trinajstić information content (AvgIpc) is 2.76. The smallest absolute Gasteiger partial charge is 0.303 e. The van der Waals surface area contributed by atoms with Gasteiger partial charge < -0.3 is 10.4 Å². The van der Waals surface area contributed by atoms with Crippen molar-refractivity contribution in [1.82, 2.24) is 10.3 Å². The Morgan fingerprint density at radius 3 is 2.94 bits per heavy atom. The van der Waals surface area contributed by atoms with Gasteiger partial charge in [0, 0.05) is 36.5 Å². The summed E-state index contributed by atoms with van der Waals surface area (Å²) in [6, 6.07) is 0.235. The highest BCUT2D eigenvalue weighted by Gasteiger charge is 2.10. The third-order valence-electron chi connectivity index (χ3n) is 2.44. The van der Waals surface area contributed by atoms with Gasteiger partial charge in [0.15, 0.2) is 0 Å². The molecule has 0 saturated heterocycles. The molecular weight excluding hydrogens is 224 g/mol. The maximum atomic E-state index is 10.4. The maximum Gasteiger partial charge on any atom is 0.303 e. The molecule has 0 aliphatic heterocycles. The first-order valence-corrected chi connectivity index (χ1v) is 6.32. The molecule has 2 atom stereocenters. The van der Waals surface area contributed by atoms with Gasteiger partial charge >= 0.3 is 5.97 Å². The van der Waals surface area contributed by atoms with Gasteiger partial charge in [-0.25, -0.2) is 4.98 Å². The Balaban J connectivity index is 2.21. The number of hydrogen-bond donors (Lipinski definition) is 2. The second-order valence-corrected chi connectivity index (χ2v) is 4.94. The summed E-state index contributed by atoms with van der Waals surface area (Å²) in [5, 5.41) is 15.0. The molecule has 5 heteroatoms. The highest BCUT2D eigenvalue weighted by molar-refractivity contribution is 7.09. The molecule has 0 aromatic carbocycles. The summed E-state index contributed by atoms with van der Waals surface area (Å²) in [5.41, 5.74) is 0. The number of nitrogens with one attached hydrogen (secondary N) is 1. The Hall–Kier alpha value is -0.940. The average molecular weight is 242 g/mol. The number of thiazole rings is 1. The van der Waals surface area contributed by atoms with Crippen LogP contribution in [-0.2, 0) is 4.79 Å². The van der Waals surface area contributed by atoms with Gasteiger partial charge in [0.25, 0.3) is 0 Å². The minimum atomic E-state index is -0.735. The Labute approximate surface area is 99.7 Å². The van der Waals surface area contributed by atoms with E-state index < -0.39 is 5.97 Å². The van der Waals surface area contributed by atoms with Crippen LogP contribution in [0.25, 0.3) is 0 Å². The molecule has 1 heterocycles. The van der Waals surface area contributed by atoms with Crippen molar-refractivity contribution in [2.75, 3.05) is 6.54 Å². The van der Waals surface area contributed by atoms with Gasteiger partial charge in [-0.3, -0.25) is 4.79 Å². The number of rotatable bonds is 7. The summed E-state index contributed by atoms with van der Waals surface area (Å²) in [4.78, 5) is 14.6. The number of aliphatic carboxylic acids is 1. The quantitative estimate of drug-likeness (QED) is 0.768. The van der Waals surface area contributed by atoms with E-state index in [1.54, 1.807) is 11.3 Å². The number of hydrogen-bond acceptors (Lipinski definition) is 4. The predicted octanol–water partition coefficient (Wildman–Crippen LogP) is 2.09. The summed E-state index contributed by atoms with van der Waals surface area (Å²) in [7, 11) is 0. The molecule has 0 spiro atoms. The fraction of sp³-hybridized carbons (Fsp3) is 0.636. The fourth-order valence-corrected chi connectivity index (χ4v) is 2.08. The third-order valence-corrected chi connectivity index (χ3v) is 3.44. The first-order chi connectivity index (χ1) is 7.59. The van der Waals surface area contributed by atoms with Crippen LogP contribution in [0.4, 0.5) is 0 Å². The van der Waals surface area contributed by atoms with E-state index in [4.69, 9.17) is 5.11 Å². The molecule has 1 aromatic heterocycles. The summed E-state index contributed by atoms with van der Waals surface area (Å²) in [6.45, 7) is 4.97. The lowest BCUT2D eigenvalue weighted by atomic mass is 10.1. The van der Waals surface area contributed by atoms with Crippen molar-refractivity contribution in [1.29, 1.82) is 0 Å². The van der Waals surface area contributed by atoms with Gasteiger partial charge in [-0.15, -0.1) is 11.3 Å². The predicted molar refractivity (Wildman–Crippen MR) is 64.9 cm³/mol. The molecule has 0 saturated carbocycles. The number of carboxylic acid groups (broad SMARTS) is 1. The Morgan fingerprint density at radius 1 is 1.62 bits per heavy atom. The zero-order valence-corrected chi connectivity index (χ0v) is 10.5. The van der Waals surface area contributed by atoms with Crippen LogP contribution < -0.4 is 5.32 Å². The summed E-state index contributed by atoms with van der Waals surface area (Å²) in [5.74, 6) is -0.353. The molecule has 90 valence electrons. The summed E-state index contributed by atoms with van der Waals surface area (Å²) >= 11 is 1.66. The van der Waals surface area contributed by atoms with Crippen LogP contribution in [0.15, 0.2) is 11.6 Å². The SMILES string of the molecule is CC(CCC(=O)O)NCC(C)c1nccs1. The zero-order valence-electron chi connectivity index (χ0n) is 9.64. The Morgan fingerprint density at radius 2 is 2.38 bits per heavy atom. The van der Waals surface area contributed by atoms with E-state index in [2.05, 4.69) is 17.2 Å². The van der Waals surface area contributed by atoms with Gasteiger partial charge in [-0.05, 0) is 13.3 Å². The number of carboxylic acids is 1. The van der Waals surface area contributed by atoms with E-state index in [9.17, 15) is 4.79 Å². The van der Waals surface area contributed by atoms with Crippen molar-refractivity contribution in [3.05, 3.63) is 16.6 Å². The van der Waals surface area contributed by atoms with Crippen LogP contribution in [0.2, 0.25) is 0 Å². The lowest BCUT2D eigenvalue weighted by molar-refractivity contribution is -0.137. The maximum absolute atomic E-state index is 10.4. The largest absolute Gasteiger partial charge is 0.481 e. The van der Waals surface area contributed by atoms with E-state index in [1.807, 2.05) is 18.5 Å². The van der Waals surface area contributed by atoms with Crippen molar-refractivity contribution in [2.24, 2.45) is 0 Å². The second kappa shape index (κ2) is 6.60. The first kappa shape index (κ1) is 13.1. The molecule has 16 heavy (non-hydrogen) atoms. The second-order valence-electron chi connectivity index (χ2n) is 4.01. The van der Waals surface area contributed by atoms with E-state index in [-0.39, 0.29) is 12.5 Å². The van der Waals surface area contributed by atoms with E-state index in [1.165, 1.54) is 0 Å². The van der Waals surface area contributed by atoms with Crippen LogP contribution in [0, 0.1) is 0 Å². The number of carbonyl (C=O) groups is 1. The van der Waals surface area contributed by atoms with Crippen molar-refractivity contribution >= 4 is 17.3 Å². The molecule has 0 amide bonds. The molecule has 0 aliphatic carbocycles. The summed E-state index contributed by atoms with van der Waals surface area (Å²) < 4.78 is 0. The Kier molecular flexibility index (Phi) is 5.42. The molecule has 0 fully saturated rings. The molecule has 0 bridgehead atoms. The van der Waals surface area contributed by atoms with Gasteiger partial charge in [0.05, 0.1) is 5.01 Å². The monoisotopic (exact) mass is 242 g/mol. The third kappa shape index (κ3) is 4.72. The zero-order chi connectivity index (χ0) is 12.0. The van der Waals surface area contributed by atoms with Crippen molar-refractivity contribution in [3.8, 4) is 0 Å². The molecule has 0 radical (unpaired) electrons. The molecule has 2 unspecified atom stereocenters. The normalized spacial score (nSPS) is 14.6. The fourth-order valence-electron chi connectivity index (χ4n) is 1.39. The van der Waals surface area contributed by atoms with Gasteiger partial charge in [0.2, 0.25) is 0 Å². The molecule has 2 N–H and O–H groups in total. The van der Waals surface area contributed by atoms with Crippen LogP contribution in [-0.4, -0.2) is 28.6 Å². The minimum absolute atomic E-state index is 0.222. The Bertz CT molecular complexity index is 314. The van der Waals surface area contributed by atoms with Crippen molar-refractivity contribution in [2.45, 2.75) is 38.6 Å². The lowest BCUT2D eigenvalue weighted by Crippen LogP contribution is -2.30. The van der Waals surface area contributed by atoms with Crippen LogP contribution in [0.1, 0.15) is 37.6 Å². The lowest BCUT2D eigenvalue weighted by Gasteiger charge is -2.15. The highest BCUT2D eigenvalue weighted by atomic mass is 32.1. The van der Waals surface area contributed by atoms with Crippen LogP contribution in [0.3, 0.4) is 0 Å². The van der Waals surface area contributed by atoms with Crippen LogP contribution in [0.5, 0.6) is 0 Å². The van der Waals surface area contributed by atoms with E-state index >= 15 is 0 Å². The topological polar surface area (TPSA) is 62.2 Å². The minimum Gasteiger partial charge on any atom is -0.481 e. The molecular formula is C11H18N2O2S. The number of nitrogens with zero attached hydrogens (tertiary/aromatic N) is 1. The van der Waals surface area contributed by atoms with Gasteiger partial charge in [-0.2, -0.15) is 0 Å². The molecule has 4 nitrogen and oxygen atoms in total. The van der Waals surface area contributed by atoms with Crippen LogP contribution >= 0.6 is 11.3 Å². The van der Waals surface area contributed by atoms with Crippen molar-refractivity contribution in [3.63, 3.8) is 0 Å². The van der Waals surface area contributed by atoms with Gasteiger partial charge in [0.1, 0.15) is 0 Å². The molecule has 0 aliphatic rings. The highest BCUT2D eigenvalue weighted by Crippen LogP contribution is 2.16. The molecule has 1 aromatic rings. The van der Waals surface area contributed by atoms with Crippen molar-refractivity contribution < 1.29 is 9.90 Å². The number of aromatic nitrogens is 1. The van der Waals surface area contributed by atoms with Gasteiger partial charge in [-0.1, -0.05) is 6.92 Å². The molecule has 1 rings (SSSR count). The van der Waals surface area contributed by atoms with E-state index in [0.717, 1.165) is 11.6 Å². The van der Waals surface area contributed by atoms with E-state index in [0.29, 0.717) is 12.3 Å². The summed E-state index contributed by atoms with van der Waals surface area (Å²) in [6.07, 6.45) is 2.70. The standard InChI is InChI=1S/C11H18N2O2S/c1-8(11-12-5-6-16-11)7-13-9(2)3-4-10(14)15/h5-6,8-9,13H,3-4,7H2,1-2H3,(H,14,15).